The Balaban J connectivity index is 2.91. The van der Waals surface area contributed by atoms with E-state index >= 15 is 0 Å². The van der Waals surface area contributed by atoms with Gasteiger partial charge >= 0.3 is 12.3 Å². The Labute approximate surface area is 65.9 Å². The zero-order valence-electron chi connectivity index (χ0n) is 6.06. The lowest BCUT2D eigenvalue weighted by atomic mass is 10.1. The number of rotatable bonds is 2. The number of nitrogens with zero attached hydrogens (tertiary/aromatic N) is 2. The molecule has 0 aromatic carbocycles. The molecular formula is C6H5F4N2. The maximum absolute atomic E-state index is 12.5. The third kappa shape index (κ3) is 1.28. The molecule has 0 bridgehead atoms. The van der Waals surface area contributed by atoms with Crippen LogP contribution in [0.5, 0.6) is 0 Å². The summed E-state index contributed by atoms with van der Waals surface area (Å²) >= 11 is 0. The average Bonchev–Trinajstić information content (AvgIpc) is 2.35. The molecule has 0 aliphatic carbocycles. The van der Waals surface area contributed by atoms with Crippen molar-refractivity contribution < 1.29 is 17.6 Å². The van der Waals surface area contributed by atoms with Crippen molar-refractivity contribution in [1.29, 1.82) is 0 Å². The molecule has 0 aromatic rings. The summed E-state index contributed by atoms with van der Waals surface area (Å²) < 4.78 is 48.5. The van der Waals surface area contributed by atoms with Crippen LogP contribution in [-0.4, -0.2) is 18.6 Å². The Morgan fingerprint density at radius 1 is 1.42 bits per heavy atom. The third-order valence-electron chi connectivity index (χ3n) is 1.37. The molecule has 0 unspecified atom stereocenters. The second-order valence-electron chi connectivity index (χ2n) is 2.30. The molecule has 0 spiro atoms. The van der Waals surface area contributed by atoms with Crippen molar-refractivity contribution in [2.45, 2.75) is 19.3 Å². The normalized spacial score (nSPS) is 17.5. The van der Waals surface area contributed by atoms with Gasteiger partial charge in [-0.25, -0.2) is 8.78 Å². The first-order chi connectivity index (χ1) is 5.46. The van der Waals surface area contributed by atoms with E-state index in [1.165, 1.54) is 6.92 Å². The van der Waals surface area contributed by atoms with Gasteiger partial charge in [0.05, 0.1) is 6.21 Å². The van der Waals surface area contributed by atoms with Crippen LogP contribution in [0.15, 0.2) is 16.4 Å². The lowest BCUT2D eigenvalue weighted by Crippen LogP contribution is -2.32. The van der Waals surface area contributed by atoms with Crippen LogP contribution in [0.4, 0.5) is 17.6 Å². The first-order valence-corrected chi connectivity index (χ1v) is 3.07. The summed E-state index contributed by atoms with van der Waals surface area (Å²) in [5.41, 5.74) is 1.95. The summed E-state index contributed by atoms with van der Waals surface area (Å²) in [5.74, 6) is -4.19. The number of halogens is 4. The van der Waals surface area contributed by atoms with E-state index in [1.54, 1.807) is 0 Å². The molecule has 1 heterocycles. The summed E-state index contributed by atoms with van der Waals surface area (Å²) in [4.78, 5) is 0. The molecule has 1 aliphatic heterocycles. The van der Waals surface area contributed by atoms with Crippen molar-refractivity contribution in [3.8, 4) is 0 Å². The minimum Gasteiger partial charge on any atom is -0.203 e. The Kier molecular flexibility index (Phi) is 2.08. The summed E-state index contributed by atoms with van der Waals surface area (Å²) in [6.07, 6.45) is -2.72. The van der Waals surface area contributed by atoms with Crippen molar-refractivity contribution in [2.75, 3.05) is 0 Å². The molecule has 2 nitrogen and oxygen atoms in total. The van der Waals surface area contributed by atoms with Gasteiger partial charge in [-0.2, -0.15) is 13.9 Å². The highest BCUT2D eigenvalue weighted by atomic mass is 19.3. The van der Waals surface area contributed by atoms with Crippen molar-refractivity contribution >= 4 is 6.21 Å². The van der Waals surface area contributed by atoms with Crippen molar-refractivity contribution in [3.05, 3.63) is 11.3 Å². The van der Waals surface area contributed by atoms with Crippen LogP contribution in [0.3, 0.4) is 0 Å². The van der Waals surface area contributed by atoms with Gasteiger partial charge < -0.3 is 0 Å². The van der Waals surface area contributed by atoms with E-state index in [0.717, 1.165) is 6.21 Å². The minimum atomic E-state index is -4.19. The Morgan fingerprint density at radius 2 is 2.00 bits per heavy atom. The van der Waals surface area contributed by atoms with E-state index in [2.05, 4.69) is 10.5 Å². The first kappa shape index (κ1) is 9.02. The second-order valence-corrected chi connectivity index (χ2v) is 2.30. The van der Waals surface area contributed by atoms with Crippen LogP contribution in [0.2, 0.25) is 0 Å². The number of allylic oxidation sites excluding steroid dienone is 2. The highest BCUT2D eigenvalue weighted by Gasteiger charge is 2.47. The molecule has 0 N–H and O–H groups in total. The van der Waals surface area contributed by atoms with Gasteiger partial charge in [-0.3, -0.25) is 0 Å². The van der Waals surface area contributed by atoms with Crippen LogP contribution in [-0.2, 0) is 0 Å². The second kappa shape index (κ2) is 2.76. The summed E-state index contributed by atoms with van der Waals surface area (Å²) in [7, 11) is 0. The maximum atomic E-state index is 12.5. The van der Waals surface area contributed by atoms with E-state index in [4.69, 9.17) is 0 Å². The molecular weight excluding hydrogens is 176 g/mol. The molecule has 0 amide bonds. The van der Waals surface area contributed by atoms with E-state index in [1.807, 2.05) is 0 Å². The molecule has 6 heteroatoms. The Morgan fingerprint density at radius 3 is 2.33 bits per heavy atom. The molecule has 0 saturated heterocycles. The predicted octanol–water partition coefficient (Wildman–Crippen LogP) is 1.76. The third-order valence-corrected chi connectivity index (χ3v) is 1.37. The van der Waals surface area contributed by atoms with Gasteiger partial charge in [-0.15, -0.1) is 5.43 Å². The number of hydrogen-bond donors (Lipinski definition) is 0. The maximum Gasteiger partial charge on any atom is 0.351 e. The van der Waals surface area contributed by atoms with Gasteiger partial charge in [-0.1, -0.05) is 0 Å². The molecule has 1 rings (SSSR count). The molecule has 0 saturated carbocycles. The van der Waals surface area contributed by atoms with E-state index in [0.29, 0.717) is 0 Å². The first-order valence-electron chi connectivity index (χ1n) is 3.07. The minimum absolute atomic E-state index is 0.0275. The van der Waals surface area contributed by atoms with Gasteiger partial charge in [0, 0.05) is 0 Å². The highest BCUT2D eigenvalue weighted by molar-refractivity contribution is 5.81. The molecule has 1 aliphatic rings. The fourth-order valence-corrected chi connectivity index (χ4v) is 0.746. The van der Waals surface area contributed by atoms with E-state index in [-0.39, 0.29) is 5.57 Å². The molecule has 0 fully saturated rings. The van der Waals surface area contributed by atoms with Crippen molar-refractivity contribution in [1.82, 2.24) is 5.43 Å². The summed E-state index contributed by atoms with van der Waals surface area (Å²) in [5, 5.41) is 3.11. The van der Waals surface area contributed by atoms with E-state index in [9.17, 15) is 17.6 Å². The summed E-state index contributed by atoms with van der Waals surface area (Å²) in [6.45, 7) is 1.26. The van der Waals surface area contributed by atoms with Crippen molar-refractivity contribution in [3.63, 3.8) is 0 Å². The van der Waals surface area contributed by atoms with Gasteiger partial charge in [0.1, 0.15) is 5.70 Å². The Bertz CT molecular complexity index is 244. The van der Waals surface area contributed by atoms with Gasteiger partial charge in [0.2, 0.25) is 0 Å². The molecule has 67 valence electrons. The largest absolute Gasteiger partial charge is 0.351 e. The van der Waals surface area contributed by atoms with Crippen molar-refractivity contribution in [2.24, 2.45) is 5.10 Å². The quantitative estimate of drug-likeness (QED) is 0.580. The molecule has 0 aromatic heterocycles. The monoisotopic (exact) mass is 181 g/mol. The van der Waals surface area contributed by atoms with Gasteiger partial charge in [-0.05, 0) is 12.5 Å². The number of hydrogen-bond acceptors (Lipinski definition) is 1. The average molecular weight is 181 g/mol. The zero-order chi connectivity index (χ0) is 9.35. The van der Waals surface area contributed by atoms with Crippen LogP contribution >= 0.6 is 0 Å². The van der Waals surface area contributed by atoms with E-state index < -0.39 is 18.0 Å². The van der Waals surface area contributed by atoms with Gasteiger partial charge in [0.25, 0.3) is 0 Å². The lowest BCUT2D eigenvalue weighted by molar-refractivity contribution is -0.103. The fourth-order valence-electron chi connectivity index (χ4n) is 0.746. The standard InChI is InChI=1S/C6H5F4N2/c1-3-2-11-12-4(3)6(9,10)5(7)8/h2,5H,1H3. The zero-order valence-corrected chi connectivity index (χ0v) is 6.06. The number of alkyl halides is 4. The van der Waals surface area contributed by atoms with Crippen LogP contribution in [0.1, 0.15) is 6.92 Å². The Hall–Kier alpha value is -1.07. The van der Waals surface area contributed by atoms with Crippen LogP contribution < -0.4 is 5.43 Å². The molecule has 1 radical (unpaired) electrons. The lowest BCUT2D eigenvalue weighted by Gasteiger charge is -2.15. The van der Waals surface area contributed by atoms with Crippen LogP contribution in [0, 0.1) is 0 Å². The van der Waals surface area contributed by atoms with Gasteiger partial charge in [0.15, 0.2) is 0 Å². The molecule has 0 atom stereocenters. The topological polar surface area (TPSA) is 26.5 Å². The SMILES string of the molecule is CC1=C(C(F)(F)C(F)F)[N]N=C1. The van der Waals surface area contributed by atoms with Crippen LogP contribution in [0.25, 0.3) is 0 Å². The smallest absolute Gasteiger partial charge is 0.203 e. The predicted molar refractivity (Wildman–Crippen MR) is 34.3 cm³/mol. The molecule has 12 heavy (non-hydrogen) atoms. The summed E-state index contributed by atoms with van der Waals surface area (Å²) in [6, 6.07) is 0. The highest BCUT2D eigenvalue weighted by Crippen LogP contribution is 2.33. The fraction of sp³-hybridized carbons (Fsp3) is 0.500.